The fourth-order valence-electron chi connectivity index (χ4n) is 2.19. The van der Waals surface area contributed by atoms with Crippen LogP contribution in [0.15, 0.2) is 16.8 Å². The van der Waals surface area contributed by atoms with E-state index in [2.05, 4.69) is 34.2 Å². The van der Waals surface area contributed by atoms with E-state index in [-0.39, 0.29) is 0 Å². The first kappa shape index (κ1) is 14.6. The molecular formula is C14H20ClN3S. The van der Waals surface area contributed by atoms with Crippen molar-refractivity contribution in [2.24, 2.45) is 7.05 Å². The quantitative estimate of drug-likeness (QED) is 0.880. The van der Waals surface area contributed by atoms with E-state index in [9.17, 15) is 0 Å². The molecule has 0 aromatic carbocycles. The summed E-state index contributed by atoms with van der Waals surface area (Å²) in [6, 6.07) is 2.48. The lowest BCUT2D eigenvalue weighted by molar-refractivity contribution is 0.513. The SMILES string of the molecule is CCCNC(Cc1c(Cl)c(C)nn1C)c1ccsc1. The summed E-state index contributed by atoms with van der Waals surface area (Å²) in [4.78, 5) is 0. The Balaban J connectivity index is 2.20. The summed E-state index contributed by atoms with van der Waals surface area (Å²) < 4.78 is 1.89. The zero-order chi connectivity index (χ0) is 13.8. The van der Waals surface area contributed by atoms with Crippen molar-refractivity contribution < 1.29 is 0 Å². The molecule has 19 heavy (non-hydrogen) atoms. The molecule has 2 rings (SSSR count). The summed E-state index contributed by atoms with van der Waals surface area (Å²) in [5, 5.41) is 13.1. The summed E-state index contributed by atoms with van der Waals surface area (Å²) in [5.41, 5.74) is 3.33. The Bertz CT molecular complexity index is 519. The largest absolute Gasteiger partial charge is 0.310 e. The molecule has 1 atom stereocenters. The van der Waals surface area contributed by atoms with Gasteiger partial charge in [0, 0.05) is 19.5 Å². The zero-order valence-corrected chi connectivity index (χ0v) is 13.2. The van der Waals surface area contributed by atoms with Crippen LogP contribution in [0.4, 0.5) is 0 Å². The second kappa shape index (κ2) is 6.55. The minimum atomic E-state index is 0.304. The lowest BCUT2D eigenvalue weighted by Crippen LogP contribution is -2.24. The van der Waals surface area contributed by atoms with Crippen LogP contribution in [0.1, 0.15) is 36.3 Å². The number of nitrogens with one attached hydrogen (secondary N) is 1. The van der Waals surface area contributed by atoms with E-state index in [4.69, 9.17) is 11.6 Å². The van der Waals surface area contributed by atoms with Gasteiger partial charge in [0.2, 0.25) is 0 Å². The van der Waals surface area contributed by atoms with Crippen molar-refractivity contribution >= 4 is 22.9 Å². The number of hydrogen-bond donors (Lipinski definition) is 1. The zero-order valence-electron chi connectivity index (χ0n) is 11.6. The minimum absolute atomic E-state index is 0.304. The van der Waals surface area contributed by atoms with Crippen LogP contribution in [0.2, 0.25) is 5.02 Å². The number of hydrogen-bond acceptors (Lipinski definition) is 3. The third kappa shape index (κ3) is 3.38. The molecule has 0 saturated carbocycles. The van der Waals surface area contributed by atoms with Gasteiger partial charge < -0.3 is 5.32 Å². The van der Waals surface area contributed by atoms with Crippen molar-refractivity contribution in [2.45, 2.75) is 32.7 Å². The number of nitrogens with zero attached hydrogens (tertiary/aromatic N) is 2. The van der Waals surface area contributed by atoms with Crippen molar-refractivity contribution in [1.29, 1.82) is 0 Å². The van der Waals surface area contributed by atoms with Crippen LogP contribution >= 0.6 is 22.9 Å². The van der Waals surface area contributed by atoms with Crippen LogP contribution in [0.5, 0.6) is 0 Å². The van der Waals surface area contributed by atoms with Gasteiger partial charge in [-0.2, -0.15) is 16.4 Å². The monoisotopic (exact) mass is 297 g/mol. The van der Waals surface area contributed by atoms with Crippen LogP contribution in [0.25, 0.3) is 0 Å². The van der Waals surface area contributed by atoms with Gasteiger partial charge >= 0.3 is 0 Å². The average molecular weight is 298 g/mol. The van der Waals surface area contributed by atoms with Gasteiger partial charge in [-0.1, -0.05) is 18.5 Å². The lowest BCUT2D eigenvalue weighted by atomic mass is 10.0. The fraction of sp³-hybridized carbons (Fsp3) is 0.500. The standard InChI is InChI=1S/C14H20ClN3S/c1-4-6-16-12(11-5-7-19-9-11)8-13-14(15)10(2)17-18(13)3/h5,7,9,12,16H,4,6,8H2,1-3H3. The molecule has 0 aliphatic rings. The van der Waals surface area contributed by atoms with Gasteiger partial charge in [-0.25, -0.2) is 0 Å². The maximum absolute atomic E-state index is 6.35. The predicted molar refractivity (Wildman–Crippen MR) is 82.0 cm³/mol. The molecule has 2 aromatic rings. The first-order valence-electron chi connectivity index (χ1n) is 6.57. The van der Waals surface area contributed by atoms with Crippen molar-refractivity contribution in [3.05, 3.63) is 38.8 Å². The molecule has 0 radical (unpaired) electrons. The molecule has 3 nitrogen and oxygen atoms in total. The maximum atomic E-state index is 6.35. The van der Waals surface area contributed by atoms with E-state index in [1.54, 1.807) is 11.3 Å². The van der Waals surface area contributed by atoms with Gasteiger partial charge in [0.25, 0.3) is 0 Å². The fourth-order valence-corrected chi connectivity index (χ4v) is 3.15. The highest BCUT2D eigenvalue weighted by molar-refractivity contribution is 7.07. The maximum Gasteiger partial charge on any atom is 0.0847 e. The Labute approximate surface area is 123 Å². The summed E-state index contributed by atoms with van der Waals surface area (Å²) in [7, 11) is 1.96. The van der Waals surface area contributed by atoms with Crippen LogP contribution in [-0.4, -0.2) is 16.3 Å². The molecule has 0 amide bonds. The van der Waals surface area contributed by atoms with E-state index in [0.717, 1.165) is 35.8 Å². The molecular weight excluding hydrogens is 278 g/mol. The van der Waals surface area contributed by atoms with Crippen LogP contribution in [0, 0.1) is 6.92 Å². The lowest BCUT2D eigenvalue weighted by Gasteiger charge is -2.18. The van der Waals surface area contributed by atoms with Crippen molar-refractivity contribution in [2.75, 3.05) is 6.54 Å². The second-order valence-corrected chi connectivity index (χ2v) is 5.90. The average Bonchev–Trinajstić information content (AvgIpc) is 2.98. The normalized spacial score (nSPS) is 12.8. The highest BCUT2D eigenvalue weighted by atomic mass is 35.5. The molecule has 0 aliphatic heterocycles. The molecule has 1 N–H and O–H groups in total. The van der Waals surface area contributed by atoms with E-state index < -0.39 is 0 Å². The topological polar surface area (TPSA) is 29.9 Å². The van der Waals surface area contributed by atoms with Crippen molar-refractivity contribution in [3.63, 3.8) is 0 Å². The van der Waals surface area contributed by atoms with E-state index in [1.165, 1.54) is 5.56 Å². The van der Waals surface area contributed by atoms with Crippen LogP contribution in [0.3, 0.4) is 0 Å². The summed E-state index contributed by atoms with van der Waals surface area (Å²) in [6.07, 6.45) is 1.99. The predicted octanol–water partition coefficient (Wildman–Crippen LogP) is 3.73. The van der Waals surface area contributed by atoms with E-state index in [0.29, 0.717) is 6.04 Å². The van der Waals surface area contributed by atoms with Gasteiger partial charge in [-0.15, -0.1) is 0 Å². The number of rotatable bonds is 6. The van der Waals surface area contributed by atoms with Crippen molar-refractivity contribution in [3.8, 4) is 0 Å². The highest BCUT2D eigenvalue weighted by Crippen LogP contribution is 2.26. The summed E-state index contributed by atoms with van der Waals surface area (Å²) in [5.74, 6) is 0. The van der Waals surface area contributed by atoms with E-state index >= 15 is 0 Å². The Hall–Kier alpha value is -0.840. The Morgan fingerprint density at radius 1 is 1.53 bits per heavy atom. The number of thiophene rings is 1. The third-order valence-corrected chi connectivity index (χ3v) is 4.44. The molecule has 0 fully saturated rings. The Kier molecular flexibility index (Phi) is 5.02. The van der Waals surface area contributed by atoms with Gasteiger partial charge in [0.1, 0.15) is 0 Å². The Morgan fingerprint density at radius 3 is 2.84 bits per heavy atom. The molecule has 1 unspecified atom stereocenters. The molecule has 5 heteroatoms. The third-order valence-electron chi connectivity index (χ3n) is 3.25. The Morgan fingerprint density at radius 2 is 2.32 bits per heavy atom. The minimum Gasteiger partial charge on any atom is -0.310 e. The highest BCUT2D eigenvalue weighted by Gasteiger charge is 2.18. The first-order chi connectivity index (χ1) is 9.13. The smallest absolute Gasteiger partial charge is 0.0847 e. The van der Waals surface area contributed by atoms with Crippen LogP contribution in [-0.2, 0) is 13.5 Å². The number of aryl methyl sites for hydroxylation is 2. The number of aromatic nitrogens is 2. The number of halogens is 1. The van der Waals surface area contributed by atoms with Gasteiger partial charge in [0.15, 0.2) is 0 Å². The summed E-state index contributed by atoms with van der Waals surface area (Å²) in [6.45, 7) is 5.14. The second-order valence-electron chi connectivity index (χ2n) is 4.74. The first-order valence-corrected chi connectivity index (χ1v) is 7.89. The summed E-state index contributed by atoms with van der Waals surface area (Å²) >= 11 is 8.08. The van der Waals surface area contributed by atoms with E-state index in [1.807, 2.05) is 18.7 Å². The van der Waals surface area contributed by atoms with Gasteiger partial charge in [-0.05, 0) is 42.3 Å². The molecule has 0 spiro atoms. The van der Waals surface area contributed by atoms with Gasteiger partial charge in [0.05, 0.1) is 16.4 Å². The molecule has 0 aliphatic carbocycles. The van der Waals surface area contributed by atoms with Gasteiger partial charge in [-0.3, -0.25) is 4.68 Å². The molecule has 0 bridgehead atoms. The molecule has 0 saturated heterocycles. The molecule has 104 valence electrons. The van der Waals surface area contributed by atoms with Crippen LogP contribution < -0.4 is 5.32 Å². The molecule has 2 heterocycles. The molecule has 2 aromatic heterocycles. The van der Waals surface area contributed by atoms with Crippen molar-refractivity contribution in [1.82, 2.24) is 15.1 Å².